The molecule has 0 aliphatic rings. The number of carbonyl (C=O) groups is 1. The molecule has 0 heterocycles. The monoisotopic (exact) mass is 269 g/mol. The van der Waals surface area contributed by atoms with Crippen LogP contribution in [-0.4, -0.2) is 16.6 Å². The average molecular weight is 269 g/mol. The summed E-state index contributed by atoms with van der Waals surface area (Å²) >= 11 is 0. The van der Waals surface area contributed by atoms with Crippen molar-refractivity contribution in [2.45, 2.75) is 26.0 Å². The first-order valence-corrected chi connectivity index (χ1v) is 6.62. The number of hydrogen-bond acceptors (Lipinski definition) is 2. The molecular formula is C17H19NO2. The Labute approximate surface area is 119 Å². The maximum absolute atomic E-state index is 11.6. The van der Waals surface area contributed by atoms with Crippen LogP contribution in [0.5, 0.6) is 0 Å². The summed E-state index contributed by atoms with van der Waals surface area (Å²) in [5, 5.41) is 12.3. The molecule has 2 rings (SSSR count). The van der Waals surface area contributed by atoms with Gasteiger partial charge in [-0.25, -0.2) is 0 Å². The summed E-state index contributed by atoms with van der Waals surface area (Å²) in [7, 11) is 0. The van der Waals surface area contributed by atoms with Crippen molar-refractivity contribution in [1.82, 2.24) is 5.32 Å². The van der Waals surface area contributed by atoms with E-state index in [0.717, 1.165) is 11.1 Å². The molecule has 0 aromatic heterocycles. The first-order valence-electron chi connectivity index (χ1n) is 6.62. The molecule has 3 nitrogen and oxygen atoms in total. The highest BCUT2D eigenvalue weighted by atomic mass is 16.3. The number of rotatable bonds is 4. The number of hydrogen-bond donors (Lipinski definition) is 2. The van der Waals surface area contributed by atoms with Gasteiger partial charge in [0.05, 0.1) is 0 Å². The molecule has 104 valence electrons. The van der Waals surface area contributed by atoms with Gasteiger partial charge in [0.1, 0.15) is 5.60 Å². The SMILES string of the molecule is CC(C)(O)C(=O)NCc1ccc(-c2ccccc2)cc1. The maximum atomic E-state index is 11.6. The van der Waals surface area contributed by atoms with Gasteiger partial charge in [-0.05, 0) is 30.5 Å². The number of benzene rings is 2. The maximum Gasteiger partial charge on any atom is 0.251 e. The Morgan fingerprint density at radius 2 is 1.55 bits per heavy atom. The van der Waals surface area contributed by atoms with Crippen LogP contribution in [-0.2, 0) is 11.3 Å². The second-order valence-corrected chi connectivity index (χ2v) is 5.30. The molecule has 0 spiro atoms. The van der Waals surface area contributed by atoms with Gasteiger partial charge in [-0.1, -0.05) is 54.6 Å². The lowest BCUT2D eigenvalue weighted by molar-refractivity contribution is -0.136. The van der Waals surface area contributed by atoms with Crippen LogP contribution >= 0.6 is 0 Å². The van der Waals surface area contributed by atoms with Crippen LogP contribution in [0.3, 0.4) is 0 Å². The lowest BCUT2D eigenvalue weighted by Gasteiger charge is -2.16. The van der Waals surface area contributed by atoms with Crippen molar-refractivity contribution in [2.75, 3.05) is 0 Å². The molecule has 0 saturated carbocycles. The average Bonchev–Trinajstić information content (AvgIpc) is 2.45. The quantitative estimate of drug-likeness (QED) is 0.896. The van der Waals surface area contributed by atoms with E-state index >= 15 is 0 Å². The van der Waals surface area contributed by atoms with E-state index in [4.69, 9.17) is 0 Å². The minimum absolute atomic E-state index is 0.371. The predicted molar refractivity (Wildman–Crippen MR) is 80.0 cm³/mol. The van der Waals surface area contributed by atoms with Gasteiger partial charge in [0, 0.05) is 6.54 Å². The Balaban J connectivity index is 2.01. The van der Waals surface area contributed by atoms with Crippen molar-refractivity contribution in [1.29, 1.82) is 0 Å². The second-order valence-electron chi connectivity index (χ2n) is 5.30. The molecule has 0 saturated heterocycles. The minimum Gasteiger partial charge on any atom is -0.381 e. The van der Waals surface area contributed by atoms with Gasteiger partial charge in [0.2, 0.25) is 0 Å². The molecule has 0 fully saturated rings. The summed E-state index contributed by atoms with van der Waals surface area (Å²) in [6.07, 6.45) is 0. The third kappa shape index (κ3) is 3.68. The Morgan fingerprint density at radius 1 is 1.00 bits per heavy atom. The molecule has 1 amide bonds. The smallest absolute Gasteiger partial charge is 0.251 e. The zero-order valence-corrected chi connectivity index (χ0v) is 11.8. The van der Waals surface area contributed by atoms with Crippen molar-refractivity contribution in [3.8, 4) is 11.1 Å². The first-order chi connectivity index (χ1) is 9.47. The Bertz CT molecular complexity index is 568. The lowest BCUT2D eigenvalue weighted by atomic mass is 10.0. The Hall–Kier alpha value is -2.13. The molecular weight excluding hydrogens is 250 g/mol. The lowest BCUT2D eigenvalue weighted by Crippen LogP contribution is -2.41. The van der Waals surface area contributed by atoms with Gasteiger partial charge in [-0.2, -0.15) is 0 Å². The van der Waals surface area contributed by atoms with Crippen LogP contribution < -0.4 is 5.32 Å². The molecule has 0 aliphatic heterocycles. The molecule has 2 aromatic carbocycles. The number of carbonyl (C=O) groups excluding carboxylic acids is 1. The zero-order chi connectivity index (χ0) is 14.6. The van der Waals surface area contributed by atoms with Gasteiger partial charge in [0.25, 0.3) is 5.91 Å². The van der Waals surface area contributed by atoms with E-state index in [1.807, 2.05) is 42.5 Å². The third-order valence-corrected chi connectivity index (χ3v) is 3.07. The summed E-state index contributed by atoms with van der Waals surface area (Å²) in [5.74, 6) is -0.371. The Morgan fingerprint density at radius 3 is 2.10 bits per heavy atom. The van der Waals surface area contributed by atoms with E-state index in [1.165, 1.54) is 19.4 Å². The van der Waals surface area contributed by atoms with Crippen molar-refractivity contribution in [2.24, 2.45) is 0 Å². The highest BCUT2D eigenvalue weighted by molar-refractivity contribution is 5.83. The fourth-order valence-electron chi connectivity index (χ4n) is 1.84. The van der Waals surface area contributed by atoms with Crippen LogP contribution in [0.4, 0.5) is 0 Å². The molecule has 20 heavy (non-hydrogen) atoms. The number of amides is 1. The van der Waals surface area contributed by atoms with Gasteiger partial charge in [-0.15, -0.1) is 0 Å². The van der Waals surface area contributed by atoms with Crippen LogP contribution in [0.25, 0.3) is 11.1 Å². The minimum atomic E-state index is -1.34. The Kier molecular flexibility index (Phi) is 4.20. The molecule has 0 radical (unpaired) electrons. The normalized spacial score (nSPS) is 11.2. The van der Waals surface area contributed by atoms with E-state index < -0.39 is 5.60 Å². The van der Waals surface area contributed by atoms with Gasteiger partial charge >= 0.3 is 0 Å². The van der Waals surface area contributed by atoms with E-state index in [1.54, 1.807) is 0 Å². The van der Waals surface area contributed by atoms with Crippen LogP contribution in [0, 0.1) is 0 Å². The molecule has 2 N–H and O–H groups in total. The molecule has 0 unspecified atom stereocenters. The topological polar surface area (TPSA) is 49.3 Å². The van der Waals surface area contributed by atoms with E-state index in [-0.39, 0.29) is 5.91 Å². The van der Waals surface area contributed by atoms with Gasteiger partial charge in [0.15, 0.2) is 0 Å². The van der Waals surface area contributed by atoms with Crippen molar-refractivity contribution < 1.29 is 9.90 Å². The summed E-state index contributed by atoms with van der Waals surface area (Å²) in [4.78, 5) is 11.6. The van der Waals surface area contributed by atoms with E-state index in [0.29, 0.717) is 6.54 Å². The van der Waals surface area contributed by atoms with Crippen molar-refractivity contribution in [3.05, 3.63) is 60.2 Å². The summed E-state index contributed by atoms with van der Waals surface area (Å²) in [6, 6.07) is 18.1. The predicted octanol–water partition coefficient (Wildman–Crippen LogP) is 2.74. The van der Waals surface area contributed by atoms with Crippen LogP contribution in [0.15, 0.2) is 54.6 Å². The largest absolute Gasteiger partial charge is 0.381 e. The first kappa shape index (κ1) is 14.3. The molecule has 3 heteroatoms. The fraction of sp³-hybridized carbons (Fsp3) is 0.235. The number of aliphatic hydroxyl groups is 1. The van der Waals surface area contributed by atoms with E-state index in [9.17, 15) is 9.90 Å². The second kappa shape index (κ2) is 5.88. The van der Waals surface area contributed by atoms with E-state index in [2.05, 4.69) is 17.4 Å². The fourth-order valence-corrected chi connectivity index (χ4v) is 1.84. The standard InChI is InChI=1S/C17H19NO2/c1-17(2,20)16(19)18-12-13-8-10-15(11-9-13)14-6-4-3-5-7-14/h3-11,20H,12H2,1-2H3,(H,18,19). The van der Waals surface area contributed by atoms with Crippen molar-refractivity contribution in [3.63, 3.8) is 0 Å². The third-order valence-electron chi connectivity index (χ3n) is 3.07. The molecule has 0 aliphatic carbocycles. The van der Waals surface area contributed by atoms with Gasteiger partial charge in [-0.3, -0.25) is 4.79 Å². The number of nitrogens with one attached hydrogen (secondary N) is 1. The summed E-state index contributed by atoms with van der Waals surface area (Å²) < 4.78 is 0. The molecule has 2 aromatic rings. The molecule has 0 bridgehead atoms. The zero-order valence-electron chi connectivity index (χ0n) is 11.8. The van der Waals surface area contributed by atoms with Crippen LogP contribution in [0.2, 0.25) is 0 Å². The van der Waals surface area contributed by atoms with Crippen molar-refractivity contribution >= 4 is 5.91 Å². The highest BCUT2D eigenvalue weighted by Gasteiger charge is 2.22. The van der Waals surface area contributed by atoms with Gasteiger partial charge < -0.3 is 10.4 Å². The van der Waals surface area contributed by atoms with Crippen LogP contribution in [0.1, 0.15) is 19.4 Å². The highest BCUT2D eigenvalue weighted by Crippen LogP contribution is 2.19. The molecule has 0 atom stereocenters. The summed E-state index contributed by atoms with van der Waals surface area (Å²) in [5.41, 5.74) is 1.97. The summed E-state index contributed by atoms with van der Waals surface area (Å²) in [6.45, 7) is 3.36.